The summed E-state index contributed by atoms with van der Waals surface area (Å²) in [5, 5.41) is 0. The number of amides is 2. The fraction of sp³-hybridized carbons (Fsp3) is 0.650. The van der Waals surface area contributed by atoms with Crippen LogP contribution in [0.5, 0.6) is 0 Å². The zero-order valence-electron chi connectivity index (χ0n) is 16.2. The summed E-state index contributed by atoms with van der Waals surface area (Å²) in [4.78, 5) is 36.0. The number of aromatic nitrogens is 1. The van der Waals surface area contributed by atoms with E-state index in [1.165, 1.54) is 0 Å². The molecule has 0 spiro atoms. The zero-order chi connectivity index (χ0) is 19.9. The first kappa shape index (κ1) is 19.2. The minimum absolute atomic E-state index is 0.133. The summed E-state index contributed by atoms with van der Waals surface area (Å²) in [6.45, 7) is 3.34. The van der Waals surface area contributed by atoms with Crippen molar-refractivity contribution in [1.29, 1.82) is 0 Å². The Labute approximate surface area is 163 Å². The Hall–Kier alpha value is -2.09. The monoisotopic (exact) mass is 392 g/mol. The molecule has 0 aromatic carbocycles. The third kappa shape index (κ3) is 3.17. The Morgan fingerprint density at radius 1 is 1.11 bits per heavy atom. The van der Waals surface area contributed by atoms with Crippen LogP contribution in [0.15, 0.2) is 12.3 Å². The Morgan fingerprint density at radius 3 is 2.57 bits per heavy atom. The van der Waals surface area contributed by atoms with Crippen LogP contribution in [0.2, 0.25) is 0 Å². The van der Waals surface area contributed by atoms with Gasteiger partial charge >= 0.3 is 0 Å². The predicted molar refractivity (Wildman–Crippen MR) is 98.6 cm³/mol. The summed E-state index contributed by atoms with van der Waals surface area (Å²) in [6, 6.07) is 0.353. The smallest absolute Gasteiger partial charge is 0.275 e. The largest absolute Gasteiger partial charge is 0.342 e. The van der Waals surface area contributed by atoms with Gasteiger partial charge in [-0.05, 0) is 45.7 Å². The molecular formula is C20H26F2N4O2. The lowest BCUT2D eigenvalue weighted by atomic mass is 9.67. The maximum absolute atomic E-state index is 14.2. The Kier molecular flexibility index (Phi) is 5.07. The summed E-state index contributed by atoms with van der Waals surface area (Å²) in [6.07, 6.45) is 5.00. The molecule has 6 nitrogen and oxygen atoms in total. The van der Waals surface area contributed by atoms with Crippen molar-refractivity contribution < 1.29 is 18.4 Å². The van der Waals surface area contributed by atoms with Crippen molar-refractivity contribution in [3.05, 3.63) is 29.6 Å². The van der Waals surface area contributed by atoms with Crippen molar-refractivity contribution >= 4 is 11.8 Å². The predicted octanol–water partition coefficient (Wildman–Crippen LogP) is 1.91. The van der Waals surface area contributed by atoms with Gasteiger partial charge in [-0.2, -0.15) is 0 Å². The molecule has 3 fully saturated rings. The summed E-state index contributed by atoms with van der Waals surface area (Å²) >= 11 is 0. The standard InChI is InChI=1S/C20H26F2N4O2/c1-24-10-6-20(19(28)25-7-2-3-8-25)5-4-9-26(16(20)13-24)18(27)17-15(22)11-14(21)12-23-17/h11-12,16H,2-10,13H2,1H3/t16-,20+/m0/s1. The van der Waals surface area contributed by atoms with Crippen LogP contribution >= 0.6 is 0 Å². The van der Waals surface area contributed by atoms with E-state index < -0.39 is 23.0 Å². The lowest BCUT2D eigenvalue weighted by Gasteiger charge is -2.54. The Bertz CT molecular complexity index is 783. The number of carbonyl (C=O) groups excluding carboxylic acids is 2. The number of hydrogen-bond donors (Lipinski definition) is 0. The molecule has 8 heteroatoms. The molecule has 3 aliphatic heterocycles. The molecular weight excluding hydrogens is 366 g/mol. The Morgan fingerprint density at radius 2 is 1.86 bits per heavy atom. The number of piperidine rings is 2. The maximum atomic E-state index is 14.2. The second-order valence-corrected chi connectivity index (χ2v) is 8.27. The molecule has 1 aromatic rings. The van der Waals surface area contributed by atoms with Crippen LogP contribution in [0, 0.1) is 17.0 Å². The molecule has 3 aliphatic rings. The van der Waals surface area contributed by atoms with E-state index in [4.69, 9.17) is 0 Å². The van der Waals surface area contributed by atoms with Gasteiger partial charge in [0.25, 0.3) is 5.91 Å². The number of pyridine rings is 1. The molecule has 2 amide bonds. The van der Waals surface area contributed by atoms with Gasteiger partial charge in [0.2, 0.25) is 5.91 Å². The molecule has 3 saturated heterocycles. The molecule has 0 radical (unpaired) electrons. The normalized spacial score (nSPS) is 28.3. The van der Waals surface area contributed by atoms with Gasteiger partial charge in [-0.15, -0.1) is 0 Å². The highest BCUT2D eigenvalue weighted by molar-refractivity contribution is 5.94. The van der Waals surface area contributed by atoms with Crippen molar-refractivity contribution in [2.24, 2.45) is 5.41 Å². The molecule has 0 bridgehead atoms. The van der Waals surface area contributed by atoms with Crippen LogP contribution in [0.25, 0.3) is 0 Å². The van der Waals surface area contributed by atoms with Crippen molar-refractivity contribution in [2.75, 3.05) is 39.8 Å². The van der Waals surface area contributed by atoms with Crippen molar-refractivity contribution in [1.82, 2.24) is 19.7 Å². The third-order valence-corrected chi connectivity index (χ3v) is 6.55. The van der Waals surface area contributed by atoms with Gasteiger partial charge < -0.3 is 14.7 Å². The zero-order valence-corrected chi connectivity index (χ0v) is 16.2. The minimum Gasteiger partial charge on any atom is -0.342 e. The van der Waals surface area contributed by atoms with Crippen molar-refractivity contribution in [3.63, 3.8) is 0 Å². The molecule has 0 saturated carbocycles. The summed E-state index contributed by atoms with van der Waals surface area (Å²) in [5.74, 6) is -2.20. The molecule has 28 heavy (non-hydrogen) atoms. The van der Waals surface area contributed by atoms with E-state index in [2.05, 4.69) is 9.88 Å². The van der Waals surface area contributed by atoms with Crippen molar-refractivity contribution in [3.8, 4) is 0 Å². The summed E-state index contributed by atoms with van der Waals surface area (Å²) < 4.78 is 27.4. The van der Waals surface area contributed by atoms with E-state index in [0.29, 0.717) is 32.0 Å². The van der Waals surface area contributed by atoms with E-state index >= 15 is 0 Å². The lowest BCUT2D eigenvalue weighted by Crippen LogP contribution is -2.66. The number of likely N-dealkylation sites (tertiary alicyclic amines) is 3. The Balaban J connectivity index is 1.68. The number of nitrogens with zero attached hydrogens (tertiary/aromatic N) is 4. The number of fused-ring (bicyclic) bond motifs is 1. The van der Waals surface area contributed by atoms with Gasteiger partial charge in [0.15, 0.2) is 11.5 Å². The van der Waals surface area contributed by atoms with E-state index in [0.717, 1.165) is 45.1 Å². The first-order chi connectivity index (χ1) is 13.4. The molecule has 1 aromatic heterocycles. The van der Waals surface area contributed by atoms with E-state index in [9.17, 15) is 18.4 Å². The van der Waals surface area contributed by atoms with Gasteiger partial charge in [0, 0.05) is 32.2 Å². The highest BCUT2D eigenvalue weighted by atomic mass is 19.1. The summed E-state index contributed by atoms with van der Waals surface area (Å²) in [7, 11) is 1.97. The van der Waals surface area contributed by atoms with Gasteiger partial charge in [0.05, 0.1) is 17.7 Å². The highest BCUT2D eigenvalue weighted by Crippen LogP contribution is 2.44. The van der Waals surface area contributed by atoms with Crippen molar-refractivity contribution in [2.45, 2.75) is 38.1 Å². The first-order valence-electron chi connectivity index (χ1n) is 10.0. The fourth-order valence-corrected chi connectivity index (χ4v) is 5.07. The van der Waals surface area contributed by atoms with Gasteiger partial charge in [0.1, 0.15) is 5.82 Å². The van der Waals surface area contributed by atoms with Crippen LogP contribution in [0.3, 0.4) is 0 Å². The van der Waals surface area contributed by atoms with Gasteiger partial charge in [-0.1, -0.05) is 0 Å². The topological polar surface area (TPSA) is 56.8 Å². The van der Waals surface area contributed by atoms with Crippen LogP contribution in [0.4, 0.5) is 8.78 Å². The molecule has 0 aliphatic carbocycles. The van der Waals surface area contributed by atoms with Gasteiger partial charge in [-0.25, -0.2) is 13.8 Å². The summed E-state index contributed by atoms with van der Waals surface area (Å²) in [5.41, 5.74) is -1.000. The SMILES string of the molecule is CN1CC[C@]2(C(=O)N3CCCC3)CCCN(C(=O)c3ncc(F)cc3F)[C@H]2C1. The number of carbonyl (C=O) groups is 2. The molecule has 2 atom stereocenters. The van der Waals surface area contributed by atoms with Crippen LogP contribution in [-0.2, 0) is 4.79 Å². The highest BCUT2D eigenvalue weighted by Gasteiger charge is 2.55. The molecule has 4 rings (SSSR count). The van der Waals surface area contributed by atoms with E-state index in [-0.39, 0.29) is 17.6 Å². The maximum Gasteiger partial charge on any atom is 0.275 e. The first-order valence-corrected chi connectivity index (χ1v) is 10.0. The van der Waals surface area contributed by atoms with Crippen LogP contribution in [0.1, 0.15) is 42.6 Å². The molecule has 0 N–H and O–H groups in total. The fourth-order valence-electron chi connectivity index (χ4n) is 5.07. The second kappa shape index (κ2) is 7.39. The number of hydrogen-bond acceptors (Lipinski definition) is 4. The molecule has 0 unspecified atom stereocenters. The number of halogens is 2. The molecule has 152 valence electrons. The van der Waals surface area contributed by atoms with Crippen LogP contribution in [-0.4, -0.2) is 77.3 Å². The van der Waals surface area contributed by atoms with E-state index in [1.807, 2.05) is 11.9 Å². The minimum atomic E-state index is -0.962. The quantitative estimate of drug-likeness (QED) is 0.772. The van der Waals surface area contributed by atoms with E-state index in [1.54, 1.807) is 4.90 Å². The van der Waals surface area contributed by atoms with Crippen LogP contribution < -0.4 is 0 Å². The number of likely N-dealkylation sites (N-methyl/N-ethyl adjacent to an activating group) is 1. The average molecular weight is 392 g/mol. The lowest BCUT2D eigenvalue weighted by molar-refractivity contribution is -0.152. The molecule has 4 heterocycles. The number of rotatable bonds is 2. The average Bonchev–Trinajstić information content (AvgIpc) is 3.21. The third-order valence-electron chi connectivity index (χ3n) is 6.55. The van der Waals surface area contributed by atoms with Gasteiger partial charge in [-0.3, -0.25) is 9.59 Å². The second-order valence-electron chi connectivity index (χ2n) is 8.27.